The van der Waals surface area contributed by atoms with Gasteiger partial charge in [-0.15, -0.1) is 0 Å². The Labute approximate surface area is 222 Å². The number of halogens is 1. The molecular weight excluding hydrogens is 550 g/mol. The monoisotopic (exact) mass is 573 g/mol. The maximum atomic E-state index is 13.2. The number of anilines is 1. The molecule has 0 aromatic heterocycles. The summed E-state index contributed by atoms with van der Waals surface area (Å²) in [5.74, 6) is -0.114. The van der Waals surface area contributed by atoms with Gasteiger partial charge < -0.3 is 19.1 Å². The second-order valence-corrected chi connectivity index (χ2v) is 9.10. The van der Waals surface area contributed by atoms with Crippen molar-refractivity contribution in [2.75, 3.05) is 44.4 Å². The molecule has 9 nitrogen and oxygen atoms in total. The van der Waals surface area contributed by atoms with Crippen LogP contribution >= 0.6 is 28.1 Å². The number of rotatable bonds is 7. The molecule has 11 heteroatoms. The highest BCUT2D eigenvalue weighted by Crippen LogP contribution is 2.29. The van der Waals surface area contributed by atoms with Crippen LogP contribution in [0, 0.1) is 0 Å². The number of ether oxygens (including phenoxy) is 3. The molecule has 2 aliphatic rings. The predicted molar refractivity (Wildman–Crippen MR) is 141 cm³/mol. The maximum Gasteiger partial charge on any atom is 0.270 e. The third-order valence-corrected chi connectivity index (χ3v) is 6.39. The highest BCUT2D eigenvalue weighted by molar-refractivity contribution is 9.10. The summed E-state index contributed by atoms with van der Waals surface area (Å²) in [7, 11) is 0. The molecule has 2 aromatic carbocycles. The molecule has 1 N–H and O–H groups in total. The van der Waals surface area contributed by atoms with Gasteiger partial charge in [0.05, 0.1) is 30.0 Å². The quantitative estimate of drug-likeness (QED) is 0.309. The van der Waals surface area contributed by atoms with Gasteiger partial charge in [-0.2, -0.15) is 0 Å². The zero-order valence-corrected chi connectivity index (χ0v) is 21.9. The molecule has 0 saturated carbocycles. The summed E-state index contributed by atoms with van der Waals surface area (Å²) >= 11 is 8.69. The van der Waals surface area contributed by atoms with Crippen molar-refractivity contribution in [2.24, 2.45) is 0 Å². The Kier molecular flexibility index (Phi) is 8.34. The fourth-order valence-electron chi connectivity index (χ4n) is 3.68. The van der Waals surface area contributed by atoms with E-state index in [0.717, 1.165) is 0 Å². The molecule has 188 valence electrons. The SMILES string of the molecule is CCOc1ccc(N2C(=O)/C(=C/c3ccc(OCC(=O)N4CCOCC4)c(Br)c3)C(=O)NC2=S)cc1. The average Bonchev–Trinajstić information content (AvgIpc) is 2.87. The number of morpholine rings is 1. The molecule has 2 fully saturated rings. The van der Waals surface area contributed by atoms with E-state index in [2.05, 4.69) is 21.2 Å². The van der Waals surface area contributed by atoms with Crippen LogP contribution in [0.4, 0.5) is 5.69 Å². The smallest absolute Gasteiger partial charge is 0.270 e. The molecule has 0 spiro atoms. The molecule has 0 aliphatic carbocycles. The van der Waals surface area contributed by atoms with Crippen LogP contribution in [0.15, 0.2) is 52.5 Å². The predicted octanol–water partition coefficient (Wildman–Crippen LogP) is 2.92. The zero-order chi connectivity index (χ0) is 25.7. The zero-order valence-electron chi connectivity index (χ0n) is 19.5. The van der Waals surface area contributed by atoms with Gasteiger partial charge in [-0.3, -0.25) is 24.6 Å². The van der Waals surface area contributed by atoms with Crippen molar-refractivity contribution in [3.05, 3.63) is 58.1 Å². The van der Waals surface area contributed by atoms with Crippen molar-refractivity contribution in [2.45, 2.75) is 6.92 Å². The Morgan fingerprint density at radius 1 is 1.14 bits per heavy atom. The number of benzene rings is 2. The van der Waals surface area contributed by atoms with Crippen LogP contribution in [0.3, 0.4) is 0 Å². The molecule has 0 unspecified atom stereocenters. The molecular formula is C25H24BrN3O6S. The van der Waals surface area contributed by atoms with Crippen LogP contribution in [0.5, 0.6) is 11.5 Å². The Morgan fingerprint density at radius 3 is 2.53 bits per heavy atom. The second kappa shape index (κ2) is 11.6. The normalized spacial score (nSPS) is 17.3. The molecule has 2 aromatic rings. The first-order valence-electron chi connectivity index (χ1n) is 11.3. The van der Waals surface area contributed by atoms with Crippen LogP contribution < -0.4 is 19.7 Å². The number of carbonyl (C=O) groups excluding carboxylic acids is 3. The van der Waals surface area contributed by atoms with Gasteiger partial charge in [-0.1, -0.05) is 6.07 Å². The molecule has 4 rings (SSSR count). The van der Waals surface area contributed by atoms with E-state index in [-0.39, 0.29) is 23.2 Å². The van der Waals surface area contributed by atoms with Crippen molar-refractivity contribution >= 4 is 62.7 Å². The van der Waals surface area contributed by atoms with Gasteiger partial charge >= 0.3 is 0 Å². The van der Waals surface area contributed by atoms with Gasteiger partial charge in [-0.25, -0.2) is 0 Å². The van der Waals surface area contributed by atoms with Crippen LogP contribution in [0.2, 0.25) is 0 Å². The van der Waals surface area contributed by atoms with Crippen LogP contribution in [-0.4, -0.2) is 67.3 Å². The van der Waals surface area contributed by atoms with Gasteiger partial charge in [0, 0.05) is 13.1 Å². The van der Waals surface area contributed by atoms with E-state index in [1.807, 2.05) is 6.92 Å². The number of hydrogen-bond donors (Lipinski definition) is 1. The first-order valence-corrected chi connectivity index (χ1v) is 12.5. The molecule has 3 amide bonds. The second-order valence-electron chi connectivity index (χ2n) is 7.86. The minimum Gasteiger partial charge on any atom is -0.494 e. The van der Waals surface area contributed by atoms with Gasteiger partial charge in [-0.05, 0) is 83.1 Å². The van der Waals surface area contributed by atoms with E-state index >= 15 is 0 Å². The van der Waals surface area contributed by atoms with Crippen LogP contribution in [0.25, 0.3) is 6.08 Å². The highest BCUT2D eigenvalue weighted by Gasteiger charge is 2.34. The topological polar surface area (TPSA) is 97.4 Å². The summed E-state index contributed by atoms with van der Waals surface area (Å²) in [5, 5.41) is 2.57. The van der Waals surface area contributed by atoms with E-state index in [1.54, 1.807) is 47.4 Å². The lowest BCUT2D eigenvalue weighted by Gasteiger charge is -2.29. The summed E-state index contributed by atoms with van der Waals surface area (Å²) in [5.41, 5.74) is 1.03. The molecule has 2 heterocycles. The van der Waals surface area contributed by atoms with E-state index in [4.69, 9.17) is 26.4 Å². The Bertz CT molecular complexity index is 1210. The minimum atomic E-state index is -0.584. The molecule has 2 saturated heterocycles. The summed E-state index contributed by atoms with van der Waals surface area (Å²) in [4.78, 5) is 41.1. The lowest BCUT2D eigenvalue weighted by molar-refractivity contribution is -0.137. The molecule has 2 aliphatic heterocycles. The van der Waals surface area contributed by atoms with E-state index in [0.29, 0.717) is 60.1 Å². The fraction of sp³-hybridized carbons (Fsp3) is 0.280. The van der Waals surface area contributed by atoms with Crippen molar-refractivity contribution in [3.63, 3.8) is 0 Å². The summed E-state index contributed by atoms with van der Waals surface area (Å²) < 4.78 is 17.0. The standard InChI is InChI=1S/C25H24BrN3O6S/c1-2-34-18-6-4-17(5-7-18)29-24(32)19(23(31)27-25(29)36)13-16-3-8-21(20(26)14-16)35-15-22(30)28-9-11-33-12-10-28/h3-8,13-14H,2,9-12,15H2,1H3,(H,27,31,36)/b19-13+. The number of thiocarbonyl (C=S) groups is 1. The molecule has 36 heavy (non-hydrogen) atoms. The Morgan fingerprint density at radius 2 is 1.86 bits per heavy atom. The van der Waals surface area contributed by atoms with Gasteiger partial charge in [0.15, 0.2) is 11.7 Å². The van der Waals surface area contributed by atoms with Crippen molar-refractivity contribution in [1.29, 1.82) is 0 Å². The summed E-state index contributed by atoms with van der Waals surface area (Å²) in [6, 6.07) is 11.9. The number of nitrogens with zero attached hydrogens (tertiary/aromatic N) is 2. The van der Waals surface area contributed by atoms with Crippen LogP contribution in [-0.2, 0) is 19.1 Å². The lowest BCUT2D eigenvalue weighted by Crippen LogP contribution is -2.54. The third kappa shape index (κ3) is 5.92. The number of carbonyl (C=O) groups is 3. The first kappa shape index (κ1) is 25.8. The van der Waals surface area contributed by atoms with Crippen molar-refractivity contribution in [1.82, 2.24) is 10.2 Å². The third-order valence-electron chi connectivity index (χ3n) is 5.49. The number of amides is 3. The number of hydrogen-bond acceptors (Lipinski definition) is 7. The van der Waals surface area contributed by atoms with Gasteiger partial charge in [0.2, 0.25) is 0 Å². The van der Waals surface area contributed by atoms with E-state index in [9.17, 15) is 14.4 Å². The minimum absolute atomic E-state index is 0.00109. The largest absolute Gasteiger partial charge is 0.494 e. The summed E-state index contributed by atoms with van der Waals surface area (Å²) in [6.07, 6.45) is 1.48. The Hall–Kier alpha value is -3.28. The van der Waals surface area contributed by atoms with E-state index < -0.39 is 11.8 Å². The maximum absolute atomic E-state index is 13.2. The summed E-state index contributed by atoms with van der Waals surface area (Å²) in [6.45, 7) is 4.43. The van der Waals surface area contributed by atoms with Crippen molar-refractivity contribution in [3.8, 4) is 11.5 Å². The number of nitrogens with one attached hydrogen (secondary N) is 1. The Balaban J connectivity index is 1.48. The fourth-order valence-corrected chi connectivity index (χ4v) is 4.48. The lowest BCUT2D eigenvalue weighted by atomic mass is 10.1. The first-order chi connectivity index (χ1) is 17.4. The van der Waals surface area contributed by atoms with Gasteiger partial charge in [0.1, 0.15) is 17.1 Å². The average molecular weight is 574 g/mol. The molecule has 0 radical (unpaired) electrons. The highest BCUT2D eigenvalue weighted by atomic mass is 79.9. The molecule has 0 atom stereocenters. The van der Waals surface area contributed by atoms with Gasteiger partial charge in [0.25, 0.3) is 17.7 Å². The van der Waals surface area contributed by atoms with E-state index in [1.165, 1.54) is 11.0 Å². The van der Waals surface area contributed by atoms with Crippen molar-refractivity contribution < 1.29 is 28.6 Å². The van der Waals surface area contributed by atoms with Crippen LogP contribution in [0.1, 0.15) is 12.5 Å². The molecule has 0 bridgehead atoms.